The number of ether oxygens (including phenoxy) is 2. The Morgan fingerprint density at radius 2 is 1.71 bits per heavy atom. The van der Waals surface area contributed by atoms with Gasteiger partial charge in [-0.3, -0.25) is 14.3 Å². The van der Waals surface area contributed by atoms with Crippen molar-refractivity contribution in [3.63, 3.8) is 0 Å². The van der Waals surface area contributed by atoms with Crippen molar-refractivity contribution < 1.29 is 27.8 Å². The van der Waals surface area contributed by atoms with Crippen LogP contribution in [0.4, 0.5) is 8.78 Å². The number of likely N-dealkylation sites (tertiary alicyclic amines) is 1. The van der Waals surface area contributed by atoms with E-state index in [9.17, 15) is 18.4 Å². The molecule has 0 spiro atoms. The zero-order valence-electron chi connectivity index (χ0n) is 24.7. The fraction of sp³-hybridized carbons (Fsp3) is 0.645. The predicted molar refractivity (Wildman–Crippen MR) is 155 cm³/mol. The maximum absolute atomic E-state index is 13.7. The number of benzene rings is 1. The Kier molecular flexibility index (Phi) is 9.65. The number of hydrogen-bond donors (Lipinski definition) is 2. The lowest BCUT2D eigenvalue weighted by atomic mass is 9.93. The van der Waals surface area contributed by atoms with Crippen LogP contribution in [-0.2, 0) is 4.79 Å². The molecule has 0 bridgehead atoms. The highest BCUT2D eigenvalue weighted by molar-refractivity contribution is 5.94. The quantitative estimate of drug-likeness (QED) is 0.364. The summed E-state index contributed by atoms with van der Waals surface area (Å²) in [6.07, 6.45) is 7.43. The molecule has 11 heteroatoms. The van der Waals surface area contributed by atoms with E-state index in [1.54, 1.807) is 20.3 Å². The van der Waals surface area contributed by atoms with Gasteiger partial charge in [0.2, 0.25) is 5.91 Å². The van der Waals surface area contributed by atoms with Crippen LogP contribution in [-0.4, -0.2) is 78.4 Å². The Balaban J connectivity index is 1.36. The standard InChI is InChI=1S/C31H43F2N5O4/c1-41-26-11-6-12-27(42-2)29(26)25-20-24(36-38(25)23-9-3-4-10-23)30(40)35-22(19-28(39)34-21-7-5-8-21)13-16-37-17-14-31(32,33)15-18-37/h6,11-12,20-23H,3-5,7-10,13-19H2,1-2H3,(H,34,39)(H,35,40)/t22-/m0/s1. The lowest BCUT2D eigenvalue weighted by Crippen LogP contribution is -2.46. The van der Waals surface area contributed by atoms with Gasteiger partial charge in [-0.25, -0.2) is 8.78 Å². The fourth-order valence-corrected chi connectivity index (χ4v) is 6.21. The Morgan fingerprint density at radius 3 is 2.31 bits per heavy atom. The minimum atomic E-state index is -2.62. The molecule has 2 heterocycles. The van der Waals surface area contributed by atoms with Crippen LogP contribution in [0, 0.1) is 0 Å². The van der Waals surface area contributed by atoms with Crippen LogP contribution in [0.3, 0.4) is 0 Å². The highest BCUT2D eigenvalue weighted by Gasteiger charge is 2.34. The van der Waals surface area contributed by atoms with E-state index in [4.69, 9.17) is 14.6 Å². The van der Waals surface area contributed by atoms with Crippen molar-refractivity contribution in [3.8, 4) is 22.8 Å². The number of alkyl halides is 2. The van der Waals surface area contributed by atoms with Crippen molar-refractivity contribution in [1.82, 2.24) is 25.3 Å². The first-order valence-electron chi connectivity index (χ1n) is 15.3. The molecule has 2 amide bonds. The number of methoxy groups -OCH3 is 2. The van der Waals surface area contributed by atoms with Gasteiger partial charge in [0.1, 0.15) is 11.5 Å². The molecule has 2 N–H and O–H groups in total. The van der Waals surface area contributed by atoms with E-state index in [-0.39, 0.29) is 48.9 Å². The summed E-state index contributed by atoms with van der Waals surface area (Å²) in [4.78, 5) is 28.5. The summed E-state index contributed by atoms with van der Waals surface area (Å²) in [6, 6.07) is 7.23. The maximum Gasteiger partial charge on any atom is 0.272 e. The van der Waals surface area contributed by atoms with E-state index < -0.39 is 12.0 Å². The molecule has 3 aliphatic rings. The second kappa shape index (κ2) is 13.4. The number of aromatic nitrogens is 2. The number of carbonyl (C=O) groups excluding carboxylic acids is 2. The monoisotopic (exact) mass is 587 g/mol. The van der Waals surface area contributed by atoms with Crippen LogP contribution in [0.1, 0.15) is 87.2 Å². The van der Waals surface area contributed by atoms with Crippen molar-refractivity contribution in [2.75, 3.05) is 33.9 Å². The van der Waals surface area contributed by atoms with E-state index >= 15 is 0 Å². The summed E-state index contributed by atoms with van der Waals surface area (Å²) >= 11 is 0. The molecule has 230 valence electrons. The third-order valence-corrected chi connectivity index (χ3v) is 8.94. The third kappa shape index (κ3) is 7.22. The van der Waals surface area contributed by atoms with Crippen molar-refractivity contribution in [1.29, 1.82) is 0 Å². The van der Waals surface area contributed by atoms with E-state index in [0.29, 0.717) is 37.6 Å². The third-order valence-electron chi connectivity index (χ3n) is 8.94. The molecule has 2 saturated carbocycles. The van der Waals surface area contributed by atoms with Gasteiger partial charge >= 0.3 is 0 Å². The topological polar surface area (TPSA) is 97.7 Å². The van der Waals surface area contributed by atoms with Crippen LogP contribution in [0.15, 0.2) is 24.3 Å². The minimum Gasteiger partial charge on any atom is -0.496 e. The molecule has 1 saturated heterocycles. The van der Waals surface area contributed by atoms with Gasteiger partial charge < -0.3 is 25.0 Å². The smallest absolute Gasteiger partial charge is 0.272 e. The van der Waals surface area contributed by atoms with Crippen LogP contribution in [0.25, 0.3) is 11.3 Å². The SMILES string of the molecule is COc1cccc(OC)c1-c1cc(C(=O)N[C@@H](CCN2CCC(F)(F)CC2)CC(=O)NC2CCC2)nn1C1CCCC1. The molecule has 3 fully saturated rings. The molecule has 2 aliphatic carbocycles. The maximum atomic E-state index is 13.7. The molecule has 0 unspecified atom stereocenters. The largest absolute Gasteiger partial charge is 0.496 e. The molecule has 1 aliphatic heterocycles. The fourth-order valence-electron chi connectivity index (χ4n) is 6.21. The summed E-state index contributed by atoms with van der Waals surface area (Å²) in [5, 5.41) is 10.9. The Bertz CT molecular complexity index is 1210. The highest BCUT2D eigenvalue weighted by atomic mass is 19.3. The van der Waals surface area contributed by atoms with Crippen LogP contribution >= 0.6 is 0 Å². The second-order valence-electron chi connectivity index (χ2n) is 11.9. The molecule has 0 radical (unpaired) electrons. The van der Waals surface area contributed by atoms with Crippen LogP contribution < -0.4 is 20.1 Å². The van der Waals surface area contributed by atoms with Gasteiger partial charge in [0, 0.05) is 51.0 Å². The van der Waals surface area contributed by atoms with Gasteiger partial charge in [0.25, 0.3) is 11.8 Å². The number of hydrogen-bond acceptors (Lipinski definition) is 6. The van der Waals surface area contributed by atoms with Crippen LogP contribution in [0.5, 0.6) is 11.5 Å². The lowest BCUT2D eigenvalue weighted by Gasteiger charge is -2.33. The molecular weight excluding hydrogens is 544 g/mol. The van der Waals surface area contributed by atoms with Gasteiger partial charge in [0.05, 0.1) is 31.5 Å². The summed E-state index contributed by atoms with van der Waals surface area (Å²) < 4.78 is 40.6. The Morgan fingerprint density at radius 1 is 1.05 bits per heavy atom. The summed E-state index contributed by atoms with van der Waals surface area (Å²) in [5.74, 6) is -1.84. The molecule has 1 atom stereocenters. The van der Waals surface area contributed by atoms with E-state index in [2.05, 4.69) is 10.6 Å². The molecule has 9 nitrogen and oxygen atoms in total. The average Bonchev–Trinajstić information content (AvgIpc) is 3.64. The van der Waals surface area contributed by atoms with Crippen molar-refractivity contribution in [3.05, 3.63) is 30.0 Å². The predicted octanol–water partition coefficient (Wildman–Crippen LogP) is 4.96. The van der Waals surface area contributed by atoms with E-state index in [1.807, 2.05) is 27.8 Å². The minimum absolute atomic E-state index is 0.105. The van der Waals surface area contributed by atoms with Gasteiger partial charge in [-0.05, 0) is 56.7 Å². The second-order valence-corrected chi connectivity index (χ2v) is 11.9. The Hall–Kier alpha value is -3.21. The number of carbonyl (C=O) groups is 2. The summed E-state index contributed by atoms with van der Waals surface area (Å²) in [7, 11) is 3.20. The van der Waals surface area contributed by atoms with E-state index in [1.165, 1.54) is 0 Å². The van der Waals surface area contributed by atoms with Gasteiger partial charge in [-0.15, -0.1) is 0 Å². The molecule has 42 heavy (non-hydrogen) atoms. The lowest BCUT2D eigenvalue weighted by molar-refractivity contribution is -0.122. The average molecular weight is 588 g/mol. The molecule has 5 rings (SSSR count). The highest BCUT2D eigenvalue weighted by Crippen LogP contribution is 2.42. The normalized spacial score (nSPS) is 20.1. The first-order chi connectivity index (χ1) is 20.3. The van der Waals surface area contributed by atoms with Crippen molar-refractivity contribution in [2.45, 2.75) is 94.7 Å². The molecule has 2 aromatic rings. The molecule has 1 aromatic heterocycles. The number of halogens is 2. The number of amides is 2. The molecular formula is C31H43F2N5O4. The van der Waals surface area contributed by atoms with Crippen LogP contribution in [0.2, 0.25) is 0 Å². The van der Waals surface area contributed by atoms with Crippen molar-refractivity contribution in [2.24, 2.45) is 0 Å². The number of rotatable bonds is 12. The number of nitrogens with zero attached hydrogens (tertiary/aromatic N) is 3. The zero-order chi connectivity index (χ0) is 29.7. The summed E-state index contributed by atoms with van der Waals surface area (Å²) in [6.45, 7) is 1.13. The van der Waals surface area contributed by atoms with E-state index in [0.717, 1.165) is 56.2 Å². The van der Waals surface area contributed by atoms with Gasteiger partial charge in [-0.2, -0.15) is 5.10 Å². The summed E-state index contributed by atoms with van der Waals surface area (Å²) in [5.41, 5.74) is 1.74. The molecule has 1 aromatic carbocycles. The van der Waals surface area contributed by atoms with Gasteiger partial charge in [0.15, 0.2) is 5.69 Å². The Labute approximate surface area is 246 Å². The van der Waals surface area contributed by atoms with Gasteiger partial charge in [-0.1, -0.05) is 18.9 Å². The number of nitrogens with one attached hydrogen (secondary N) is 2. The number of piperidine rings is 1. The van der Waals surface area contributed by atoms with Crippen molar-refractivity contribution >= 4 is 11.8 Å². The first-order valence-corrected chi connectivity index (χ1v) is 15.3. The first kappa shape index (κ1) is 30.3. The zero-order valence-corrected chi connectivity index (χ0v) is 24.7.